The van der Waals surface area contributed by atoms with Gasteiger partial charge in [0.15, 0.2) is 9.84 Å². The highest BCUT2D eigenvalue weighted by molar-refractivity contribution is 7.99. The second kappa shape index (κ2) is 4.54. The van der Waals surface area contributed by atoms with Crippen LogP contribution in [0.5, 0.6) is 0 Å². The Morgan fingerprint density at radius 2 is 1.94 bits per heavy atom. The molecule has 0 aromatic heterocycles. The maximum absolute atomic E-state index is 12.4. The van der Waals surface area contributed by atoms with Crippen LogP contribution in [0.2, 0.25) is 0 Å². The first-order valence-corrected chi connectivity index (χ1v) is 8.76. The van der Waals surface area contributed by atoms with Crippen molar-refractivity contribution in [3.05, 3.63) is 29.8 Å². The minimum absolute atomic E-state index is 0.0690. The first-order valence-electron chi connectivity index (χ1n) is 5.82. The molecule has 2 rings (SSSR count). The third kappa shape index (κ3) is 2.19. The van der Waals surface area contributed by atoms with Crippen molar-refractivity contribution in [1.82, 2.24) is 0 Å². The number of fused-ring (bicyclic) bond motifs is 1. The lowest BCUT2D eigenvalue weighted by Gasteiger charge is -2.33. The molecule has 1 aliphatic rings. The Hall–Kier alpha value is -0.520. The topological polar surface area (TPSA) is 54.4 Å². The van der Waals surface area contributed by atoms with Gasteiger partial charge in [-0.05, 0) is 17.7 Å². The first kappa shape index (κ1) is 13.9. The minimum atomic E-state index is -3.34. The van der Waals surface area contributed by atoms with Gasteiger partial charge in [-0.25, -0.2) is 8.42 Å². The molecule has 0 amide bonds. The lowest BCUT2D eigenvalue weighted by molar-refractivity contribution is 0.133. The maximum Gasteiger partial charge on any atom is 0.179 e. The fourth-order valence-electron chi connectivity index (χ4n) is 2.70. The third-order valence-electron chi connectivity index (χ3n) is 3.45. The van der Waals surface area contributed by atoms with Crippen molar-refractivity contribution in [3.8, 4) is 0 Å². The SMILES string of the molecule is CSC1C(O)c2ccccc2S(=O)(=O)CC1(C)C. The number of thioether (sulfide) groups is 1. The van der Waals surface area contributed by atoms with Gasteiger partial charge < -0.3 is 5.11 Å². The summed E-state index contributed by atoms with van der Waals surface area (Å²) in [6, 6.07) is 6.78. The van der Waals surface area contributed by atoms with E-state index in [1.165, 1.54) is 11.8 Å². The largest absolute Gasteiger partial charge is 0.387 e. The summed E-state index contributed by atoms with van der Waals surface area (Å²) < 4.78 is 24.8. The highest BCUT2D eigenvalue weighted by Crippen LogP contribution is 2.45. The molecule has 2 unspecified atom stereocenters. The number of benzene rings is 1. The van der Waals surface area contributed by atoms with Crippen LogP contribution >= 0.6 is 11.8 Å². The van der Waals surface area contributed by atoms with E-state index in [1.54, 1.807) is 24.3 Å². The molecule has 1 aromatic rings. The fourth-order valence-corrected chi connectivity index (χ4v) is 6.08. The quantitative estimate of drug-likeness (QED) is 0.860. The van der Waals surface area contributed by atoms with Crippen LogP contribution in [0.15, 0.2) is 29.2 Å². The second-order valence-electron chi connectivity index (χ2n) is 5.39. The van der Waals surface area contributed by atoms with Crippen LogP contribution in [0.1, 0.15) is 25.5 Å². The zero-order valence-electron chi connectivity index (χ0n) is 10.8. The average Bonchev–Trinajstić information content (AvgIpc) is 2.32. The van der Waals surface area contributed by atoms with Gasteiger partial charge in [0.2, 0.25) is 0 Å². The van der Waals surface area contributed by atoms with Gasteiger partial charge >= 0.3 is 0 Å². The molecule has 5 heteroatoms. The highest BCUT2D eigenvalue weighted by atomic mass is 32.2. The minimum Gasteiger partial charge on any atom is -0.387 e. The Labute approximate surface area is 113 Å². The third-order valence-corrected chi connectivity index (χ3v) is 7.02. The molecule has 1 aliphatic heterocycles. The van der Waals surface area contributed by atoms with Crippen LogP contribution in [0.3, 0.4) is 0 Å². The molecule has 0 aliphatic carbocycles. The summed E-state index contributed by atoms with van der Waals surface area (Å²) in [5.74, 6) is 0.0690. The van der Waals surface area contributed by atoms with Crippen LogP contribution in [-0.2, 0) is 9.84 Å². The van der Waals surface area contributed by atoms with E-state index in [1.807, 2.05) is 20.1 Å². The van der Waals surface area contributed by atoms with Gasteiger partial charge in [0, 0.05) is 10.8 Å². The molecule has 0 radical (unpaired) electrons. The lowest BCUT2D eigenvalue weighted by atomic mass is 9.86. The molecule has 0 fully saturated rings. The Morgan fingerprint density at radius 1 is 1.33 bits per heavy atom. The lowest BCUT2D eigenvalue weighted by Crippen LogP contribution is -2.35. The van der Waals surface area contributed by atoms with Gasteiger partial charge in [-0.15, -0.1) is 0 Å². The van der Waals surface area contributed by atoms with Crippen LogP contribution < -0.4 is 0 Å². The molecule has 3 nitrogen and oxygen atoms in total. The molecule has 1 heterocycles. The molecule has 1 aromatic carbocycles. The van der Waals surface area contributed by atoms with Crippen molar-refractivity contribution in [1.29, 1.82) is 0 Å². The van der Waals surface area contributed by atoms with Crippen LogP contribution in [-0.4, -0.2) is 30.8 Å². The summed E-state index contributed by atoms with van der Waals surface area (Å²) in [5, 5.41) is 10.4. The van der Waals surface area contributed by atoms with E-state index < -0.39 is 21.4 Å². The molecule has 2 atom stereocenters. The second-order valence-corrected chi connectivity index (χ2v) is 8.32. The molecule has 18 heavy (non-hydrogen) atoms. The first-order chi connectivity index (χ1) is 8.29. The number of sulfone groups is 1. The van der Waals surface area contributed by atoms with E-state index in [9.17, 15) is 13.5 Å². The van der Waals surface area contributed by atoms with Crippen molar-refractivity contribution < 1.29 is 13.5 Å². The zero-order chi connectivity index (χ0) is 13.6. The Bertz CT molecular complexity index is 549. The Morgan fingerprint density at radius 3 is 2.56 bits per heavy atom. The Kier molecular flexibility index (Phi) is 3.51. The van der Waals surface area contributed by atoms with Crippen LogP contribution in [0.25, 0.3) is 0 Å². The zero-order valence-corrected chi connectivity index (χ0v) is 12.4. The predicted octanol–water partition coefficient (Wildman–Crippen LogP) is 2.27. The molecule has 0 saturated carbocycles. The van der Waals surface area contributed by atoms with Gasteiger partial charge in [-0.1, -0.05) is 32.0 Å². The predicted molar refractivity (Wildman–Crippen MR) is 74.5 cm³/mol. The summed E-state index contributed by atoms with van der Waals surface area (Å²) in [6.07, 6.45) is 1.17. The van der Waals surface area contributed by atoms with E-state index >= 15 is 0 Å². The van der Waals surface area contributed by atoms with Crippen molar-refractivity contribution in [2.75, 3.05) is 12.0 Å². The van der Waals surface area contributed by atoms with Gasteiger partial charge in [-0.3, -0.25) is 0 Å². The van der Waals surface area contributed by atoms with Crippen molar-refractivity contribution in [2.45, 2.75) is 30.1 Å². The maximum atomic E-state index is 12.4. The summed E-state index contributed by atoms with van der Waals surface area (Å²) in [5.41, 5.74) is 0.0684. The number of hydrogen-bond acceptors (Lipinski definition) is 4. The van der Waals surface area contributed by atoms with Crippen molar-refractivity contribution in [2.24, 2.45) is 5.41 Å². The number of aliphatic hydroxyl groups excluding tert-OH is 1. The molecular weight excluding hydrogens is 268 g/mol. The molecule has 1 N–H and O–H groups in total. The molecular formula is C13H18O3S2. The molecule has 100 valence electrons. The summed E-state index contributed by atoms with van der Waals surface area (Å²) in [7, 11) is -3.34. The fraction of sp³-hybridized carbons (Fsp3) is 0.538. The highest BCUT2D eigenvalue weighted by Gasteiger charge is 2.43. The molecule has 0 saturated heterocycles. The standard InChI is InChI=1S/C13H18O3S2/c1-13(2)8-18(15,16)10-7-5-4-6-9(10)11(14)12(13)17-3/h4-7,11-12,14H,8H2,1-3H3. The van der Waals surface area contributed by atoms with E-state index in [0.29, 0.717) is 5.56 Å². The molecule has 0 spiro atoms. The Balaban J connectivity index is 2.69. The van der Waals surface area contributed by atoms with E-state index in [4.69, 9.17) is 0 Å². The van der Waals surface area contributed by atoms with Gasteiger partial charge in [0.1, 0.15) is 0 Å². The van der Waals surface area contributed by atoms with Crippen LogP contribution in [0.4, 0.5) is 0 Å². The summed E-state index contributed by atoms with van der Waals surface area (Å²) >= 11 is 1.52. The van der Waals surface area contributed by atoms with Crippen LogP contribution in [0, 0.1) is 5.41 Å². The van der Waals surface area contributed by atoms with E-state index in [0.717, 1.165) is 0 Å². The smallest absolute Gasteiger partial charge is 0.179 e. The monoisotopic (exact) mass is 286 g/mol. The number of hydrogen-bond donors (Lipinski definition) is 1. The summed E-state index contributed by atoms with van der Waals surface area (Å²) in [6.45, 7) is 3.81. The number of aliphatic hydroxyl groups is 1. The van der Waals surface area contributed by atoms with Crippen molar-refractivity contribution >= 4 is 21.6 Å². The number of rotatable bonds is 1. The van der Waals surface area contributed by atoms with Gasteiger partial charge in [-0.2, -0.15) is 11.8 Å². The normalized spacial score (nSPS) is 29.3. The van der Waals surface area contributed by atoms with E-state index in [2.05, 4.69) is 0 Å². The van der Waals surface area contributed by atoms with Crippen molar-refractivity contribution in [3.63, 3.8) is 0 Å². The van der Waals surface area contributed by atoms with E-state index in [-0.39, 0.29) is 15.9 Å². The molecule has 0 bridgehead atoms. The van der Waals surface area contributed by atoms with Gasteiger partial charge in [0.05, 0.1) is 16.8 Å². The van der Waals surface area contributed by atoms with Gasteiger partial charge in [0.25, 0.3) is 0 Å². The summed E-state index contributed by atoms with van der Waals surface area (Å²) in [4.78, 5) is 0.280. The average molecular weight is 286 g/mol.